The second-order valence-corrected chi connectivity index (χ2v) is 7.10. The van der Waals surface area contributed by atoms with Crippen molar-refractivity contribution in [2.24, 2.45) is 0 Å². The number of allylic oxidation sites excluding steroid dienone is 4. The van der Waals surface area contributed by atoms with E-state index >= 15 is 0 Å². The fourth-order valence-electron chi connectivity index (χ4n) is 3.87. The highest BCUT2D eigenvalue weighted by molar-refractivity contribution is 5.59. The zero-order valence-corrected chi connectivity index (χ0v) is 15.4. The van der Waals surface area contributed by atoms with E-state index in [4.69, 9.17) is 0 Å². The molecule has 0 saturated carbocycles. The molecule has 2 aromatic rings. The Morgan fingerprint density at radius 2 is 1.58 bits per heavy atom. The van der Waals surface area contributed by atoms with E-state index in [9.17, 15) is 0 Å². The van der Waals surface area contributed by atoms with Crippen LogP contribution in [0.5, 0.6) is 0 Å². The molecular weight excluding hydrogens is 290 g/mol. The lowest BCUT2D eigenvalue weighted by molar-refractivity contribution is 0.965. The van der Waals surface area contributed by atoms with Gasteiger partial charge in [-0.15, -0.1) is 0 Å². The largest absolute Gasteiger partial charge is 0.381 e. The third kappa shape index (κ3) is 3.31. The summed E-state index contributed by atoms with van der Waals surface area (Å²) in [5.74, 6) is 0.420. The van der Waals surface area contributed by atoms with Crippen molar-refractivity contribution in [3.8, 4) is 0 Å². The second-order valence-electron chi connectivity index (χ2n) is 7.10. The van der Waals surface area contributed by atoms with Gasteiger partial charge in [-0.2, -0.15) is 0 Å². The molecule has 3 rings (SSSR count). The van der Waals surface area contributed by atoms with E-state index in [0.29, 0.717) is 5.92 Å². The monoisotopic (exact) mass is 317 g/mol. The van der Waals surface area contributed by atoms with Crippen LogP contribution < -0.4 is 5.32 Å². The zero-order valence-electron chi connectivity index (χ0n) is 15.4. The molecule has 1 heteroatoms. The fraction of sp³-hybridized carbons (Fsp3) is 0.304. The molecule has 1 nitrogen and oxygen atoms in total. The maximum Gasteiger partial charge on any atom is 0.0404 e. The third-order valence-corrected chi connectivity index (χ3v) is 4.90. The normalized spacial score (nSPS) is 16.8. The molecule has 0 saturated heterocycles. The van der Waals surface area contributed by atoms with Gasteiger partial charge in [0.1, 0.15) is 0 Å². The van der Waals surface area contributed by atoms with E-state index < -0.39 is 0 Å². The van der Waals surface area contributed by atoms with Gasteiger partial charge in [-0.05, 0) is 56.9 Å². The number of anilines is 1. The predicted octanol–water partition coefficient (Wildman–Crippen LogP) is 6.21. The number of benzene rings is 2. The summed E-state index contributed by atoms with van der Waals surface area (Å²) in [5.41, 5.74) is 10.8. The molecule has 1 aliphatic rings. The minimum Gasteiger partial charge on any atom is -0.381 e. The van der Waals surface area contributed by atoms with Crippen molar-refractivity contribution in [2.45, 2.75) is 47.1 Å². The van der Waals surface area contributed by atoms with Crippen molar-refractivity contribution >= 4 is 5.69 Å². The van der Waals surface area contributed by atoms with Crippen LogP contribution in [0.4, 0.5) is 5.69 Å². The summed E-state index contributed by atoms with van der Waals surface area (Å²) in [5, 5.41) is 3.67. The van der Waals surface area contributed by atoms with Crippen LogP contribution in [0.3, 0.4) is 0 Å². The van der Waals surface area contributed by atoms with Crippen LogP contribution in [0.1, 0.15) is 47.6 Å². The van der Waals surface area contributed by atoms with Crippen LogP contribution in [0.25, 0.3) is 0 Å². The standard InChI is InChI=1S/C23H27N/c1-15-11-18(4)23(19(5)12-15)24-14-20-8-6-7-9-21(20)22-13-16(2)10-17(22)3/h6-13,22,24H,14H2,1-5H3. The lowest BCUT2D eigenvalue weighted by atomic mass is 9.90. The van der Waals surface area contributed by atoms with Crippen molar-refractivity contribution in [3.63, 3.8) is 0 Å². The van der Waals surface area contributed by atoms with Gasteiger partial charge in [-0.1, -0.05) is 65.3 Å². The van der Waals surface area contributed by atoms with Gasteiger partial charge in [-0.25, -0.2) is 0 Å². The molecule has 24 heavy (non-hydrogen) atoms. The molecule has 1 atom stereocenters. The predicted molar refractivity (Wildman–Crippen MR) is 105 cm³/mol. The smallest absolute Gasteiger partial charge is 0.0404 e. The minimum atomic E-state index is 0.420. The molecule has 0 heterocycles. The van der Waals surface area contributed by atoms with Gasteiger partial charge >= 0.3 is 0 Å². The summed E-state index contributed by atoms with van der Waals surface area (Å²) in [6.07, 6.45) is 4.67. The molecule has 0 amide bonds. The first-order chi connectivity index (χ1) is 11.5. The van der Waals surface area contributed by atoms with E-state index in [-0.39, 0.29) is 0 Å². The average molecular weight is 317 g/mol. The third-order valence-electron chi connectivity index (χ3n) is 4.90. The molecule has 0 aliphatic heterocycles. The Morgan fingerprint density at radius 3 is 2.21 bits per heavy atom. The van der Waals surface area contributed by atoms with Crippen molar-refractivity contribution in [3.05, 3.63) is 87.5 Å². The first kappa shape index (κ1) is 16.6. The molecule has 0 aromatic heterocycles. The maximum absolute atomic E-state index is 3.67. The van der Waals surface area contributed by atoms with E-state index in [2.05, 4.69) is 88.5 Å². The van der Waals surface area contributed by atoms with E-state index in [1.165, 1.54) is 44.7 Å². The number of hydrogen-bond acceptors (Lipinski definition) is 1. The molecule has 0 fully saturated rings. The van der Waals surface area contributed by atoms with Crippen LogP contribution in [0.15, 0.2) is 59.7 Å². The highest BCUT2D eigenvalue weighted by Gasteiger charge is 2.18. The molecule has 2 aromatic carbocycles. The summed E-state index contributed by atoms with van der Waals surface area (Å²) in [7, 11) is 0. The topological polar surface area (TPSA) is 12.0 Å². The maximum atomic E-state index is 3.67. The Bertz CT molecular complexity index is 801. The van der Waals surface area contributed by atoms with Gasteiger partial charge in [0.15, 0.2) is 0 Å². The lowest BCUT2D eigenvalue weighted by Crippen LogP contribution is -2.07. The summed E-state index contributed by atoms with van der Waals surface area (Å²) >= 11 is 0. The summed E-state index contributed by atoms with van der Waals surface area (Å²) < 4.78 is 0. The van der Waals surface area contributed by atoms with Crippen LogP contribution in [0, 0.1) is 20.8 Å². The van der Waals surface area contributed by atoms with Gasteiger partial charge < -0.3 is 5.32 Å². The molecule has 0 bridgehead atoms. The summed E-state index contributed by atoms with van der Waals surface area (Å²) in [4.78, 5) is 0. The molecule has 0 spiro atoms. The Hall–Kier alpha value is -2.28. The van der Waals surface area contributed by atoms with Gasteiger partial charge in [0.05, 0.1) is 0 Å². The Balaban J connectivity index is 1.86. The van der Waals surface area contributed by atoms with Crippen molar-refractivity contribution in [1.29, 1.82) is 0 Å². The summed E-state index contributed by atoms with van der Waals surface area (Å²) in [6.45, 7) is 11.8. The molecule has 1 N–H and O–H groups in total. The Morgan fingerprint density at radius 1 is 0.917 bits per heavy atom. The molecular formula is C23H27N. The van der Waals surface area contributed by atoms with E-state index in [1.54, 1.807) is 0 Å². The number of aryl methyl sites for hydroxylation is 3. The average Bonchev–Trinajstić information content (AvgIpc) is 2.85. The Kier molecular flexibility index (Phi) is 4.62. The van der Waals surface area contributed by atoms with Gasteiger partial charge in [0.2, 0.25) is 0 Å². The van der Waals surface area contributed by atoms with Crippen molar-refractivity contribution in [2.75, 3.05) is 5.32 Å². The number of rotatable bonds is 4. The first-order valence-corrected chi connectivity index (χ1v) is 8.72. The van der Waals surface area contributed by atoms with Crippen molar-refractivity contribution < 1.29 is 0 Å². The van der Waals surface area contributed by atoms with Crippen molar-refractivity contribution in [1.82, 2.24) is 0 Å². The van der Waals surface area contributed by atoms with Crippen LogP contribution >= 0.6 is 0 Å². The van der Waals surface area contributed by atoms with Crippen LogP contribution in [-0.4, -0.2) is 0 Å². The minimum absolute atomic E-state index is 0.420. The van der Waals surface area contributed by atoms with E-state index in [1.807, 2.05) is 0 Å². The first-order valence-electron chi connectivity index (χ1n) is 8.72. The SMILES string of the molecule is CC1=CC(c2ccccc2CNc2c(C)cc(C)cc2C)C(C)=C1. The second kappa shape index (κ2) is 6.68. The van der Waals surface area contributed by atoms with Crippen LogP contribution in [0.2, 0.25) is 0 Å². The number of hydrogen-bond donors (Lipinski definition) is 1. The summed E-state index contributed by atoms with van der Waals surface area (Å²) in [6, 6.07) is 13.3. The molecule has 0 radical (unpaired) electrons. The quantitative estimate of drug-likeness (QED) is 0.706. The highest BCUT2D eigenvalue weighted by Crippen LogP contribution is 2.35. The fourth-order valence-corrected chi connectivity index (χ4v) is 3.87. The van der Waals surface area contributed by atoms with Gasteiger partial charge in [-0.3, -0.25) is 0 Å². The lowest BCUT2D eigenvalue weighted by Gasteiger charge is -2.19. The highest BCUT2D eigenvalue weighted by atomic mass is 14.9. The Labute approximate surface area is 146 Å². The zero-order chi connectivity index (χ0) is 17.3. The molecule has 124 valence electrons. The number of nitrogens with one attached hydrogen (secondary N) is 1. The van der Waals surface area contributed by atoms with Gasteiger partial charge in [0.25, 0.3) is 0 Å². The molecule has 1 aliphatic carbocycles. The molecule has 1 unspecified atom stereocenters. The van der Waals surface area contributed by atoms with Crippen LogP contribution in [-0.2, 0) is 6.54 Å². The van der Waals surface area contributed by atoms with Gasteiger partial charge in [0, 0.05) is 18.2 Å². The van der Waals surface area contributed by atoms with E-state index in [0.717, 1.165) is 6.54 Å².